The molecule has 3 nitrogen and oxygen atoms in total. The van der Waals surface area contributed by atoms with Crippen molar-refractivity contribution in [3.8, 4) is 0 Å². The van der Waals surface area contributed by atoms with Crippen LogP contribution in [0.4, 0.5) is 0 Å². The number of hydrogen-bond donors (Lipinski definition) is 1. The van der Waals surface area contributed by atoms with Crippen molar-refractivity contribution in [2.75, 3.05) is 19.6 Å². The van der Waals surface area contributed by atoms with E-state index in [1.165, 1.54) is 42.1 Å². The Hall–Kier alpha value is -1.23. The summed E-state index contributed by atoms with van der Waals surface area (Å²) in [6.45, 7) is 6.26. The fraction of sp³-hybridized carbons (Fsp3) is 0.500. The Bertz CT molecular complexity index is 557. The molecule has 4 heteroatoms. The van der Waals surface area contributed by atoms with Crippen molar-refractivity contribution in [1.82, 2.24) is 9.88 Å². The normalized spacial score (nSPS) is 18.5. The van der Waals surface area contributed by atoms with Crippen LogP contribution in [0, 0.1) is 12.8 Å². The predicted octanol–water partition coefficient (Wildman–Crippen LogP) is 3.41. The van der Waals surface area contributed by atoms with Gasteiger partial charge in [0.05, 0.1) is 5.01 Å². The van der Waals surface area contributed by atoms with Gasteiger partial charge in [0, 0.05) is 30.6 Å². The maximum atomic E-state index is 6.02. The van der Waals surface area contributed by atoms with Crippen LogP contribution in [-0.2, 0) is 6.54 Å². The highest BCUT2D eigenvalue weighted by Gasteiger charge is 2.28. The Morgan fingerprint density at radius 2 is 2.00 bits per heavy atom. The predicted molar refractivity (Wildman–Crippen MR) is 93.1 cm³/mol. The summed E-state index contributed by atoms with van der Waals surface area (Å²) in [6.07, 6.45) is 4.36. The van der Waals surface area contributed by atoms with E-state index in [0.29, 0.717) is 11.8 Å². The standard InChI is InChI=1S/C18H25N3S/c1-14-2-4-15(5-3-14)13-21-9-6-16(7-10-21)17(12-19)18-20-8-11-22-18/h2-5,8,11,16-17H,6-7,9-10,12-13,19H2,1H3. The lowest BCUT2D eigenvalue weighted by atomic mass is 9.84. The van der Waals surface area contributed by atoms with Crippen LogP contribution in [0.1, 0.15) is 34.9 Å². The van der Waals surface area contributed by atoms with Crippen LogP contribution in [0.15, 0.2) is 35.8 Å². The first-order valence-electron chi connectivity index (χ1n) is 8.13. The van der Waals surface area contributed by atoms with E-state index >= 15 is 0 Å². The summed E-state index contributed by atoms with van der Waals surface area (Å²) in [7, 11) is 0. The van der Waals surface area contributed by atoms with E-state index in [-0.39, 0.29) is 0 Å². The van der Waals surface area contributed by atoms with Crippen molar-refractivity contribution in [1.29, 1.82) is 0 Å². The summed E-state index contributed by atoms with van der Waals surface area (Å²) in [6, 6.07) is 8.91. The van der Waals surface area contributed by atoms with Gasteiger partial charge in [-0.1, -0.05) is 29.8 Å². The van der Waals surface area contributed by atoms with Gasteiger partial charge in [-0.15, -0.1) is 11.3 Å². The highest BCUT2D eigenvalue weighted by atomic mass is 32.1. The minimum atomic E-state index is 0.446. The van der Waals surface area contributed by atoms with Gasteiger partial charge >= 0.3 is 0 Å². The Morgan fingerprint density at radius 3 is 2.59 bits per heavy atom. The number of benzene rings is 1. The Labute approximate surface area is 137 Å². The second-order valence-electron chi connectivity index (χ2n) is 6.31. The van der Waals surface area contributed by atoms with Gasteiger partial charge in [0.1, 0.15) is 0 Å². The highest BCUT2D eigenvalue weighted by molar-refractivity contribution is 7.09. The zero-order valence-corrected chi connectivity index (χ0v) is 14.1. The van der Waals surface area contributed by atoms with E-state index < -0.39 is 0 Å². The lowest BCUT2D eigenvalue weighted by molar-refractivity contribution is 0.162. The molecular formula is C18H25N3S. The molecule has 0 spiro atoms. The van der Waals surface area contributed by atoms with Crippen LogP contribution in [0.5, 0.6) is 0 Å². The first kappa shape index (κ1) is 15.7. The molecule has 1 unspecified atom stereocenters. The maximum absolute atomic E-state index is 6.02. The van der Waals surface area contributed by atoms with Gasteiger partial charge < -0.3 is 5.73 Å². The van der Waals surface area contributed by atoms with E-state index in [0.717, 1.165) is 13.1 Å². The molecule has 1 aliphatic heterocycles. The SMILES string of the molecule is Cc1ccc(CN2CCC(C(CN)c3nccs3)CC2)cc1. The fourth-order valence-corrected chi connectivity index (χ4v) is 4.22. The summed E-state index contributed by atoms with van der Waals surface area (Å²) in [5.74, 6) is 1.13. The largest absolute Gasteiger partial charge is 0.330 e. The van der Waals surface area contributed by atoms with Crippen molar-refractivity contribution < 1.29 is 0 Å². The molecule has 0 aliphatic carbocycles. The smallest absolute Gasteiger partial charge is 0.0971 e. The van der Waals surface area contributed by atoms with Gasteiger partial charge in [-0.3, -0.25) is 4.90 Å². The first-order chi connectivity index (χ1) is 10.8. The molecule has 1 aromatic heterocycles. The summed E-state index contributed by atoms with van der Waals surface area (Å²) in [5, 5.41) is 3.28. The van der Waals surface area contributed by atoms with Gasteiger partial charge in [-0.05, 0) is 44.3 Å². The van der Waals surface area contributed by atoms with Crippen LogP contribution in [0.3, 0.4) is 0 Å². The van der Waals surface area contributed by atoms with E-state index in [9.17, 15) is 0 Å². The van der Waals surface area contributed by atoms with Gasteiger partial charge in [-0.25, -0.2) is 4.98 Å². The zero-order valence-electron chi connectivity index (χ0n) is 13.2. The van der Waals surface area contributed by atoms with Crippen LogP contribution in [0.2, 0.25) is 0 Å². The molecule has 22 heavy (non-hydrogen) atoms. The molecular weight excluding hydrogens is 290 g/mol. The van der Waals surface area contributed by atoms with Crippen molar-refractivity contribution >= 4 is 11.3 Å². The van der Waals surface area contributed by atoms with E-state index in [1.54, 1.807) is 11.3 Å². The quantitative estimate of drug-likeness (QED) is 0.919. The van der Waals surface area contributed by atoms with Crippen LogP contribution < -0.4 is 5.73 Å². The Kier molecular flexibility index (Phi) is 5.24. The first-order valence-corrected chi connectivity index (χ1v) is 9.01. The third-order valence-electron chi connectivity index (χ3n) is 4.75. The molecule has 0 saturated carbocycles. The topological polar surface area (TPSA) is 42.1 Å². The van der Waals surface area contributed by atoms with Crippen molar-refractivity contribution in [2.45, 2.75) is 32.2 Å². The van der Waals surface area contributed by atoms with Crippen LogP contribution in [-0.4, -0.2) is 29.5 Å². The molecule has 1 fully saturated rings. The van der Waals surface area contributed by atoms with E-state index in [2.05, 4.69) is 46.5 Å². The molecule has 2 N–H and O–H groups in total. The van der Waals surface area contributed by atoms with Crippen molar-refractivity contribution in [3.63, 3.8) is 0 Å². The van der Waals surface area contributed by atoms with Crippen molar-refractivity contribution in [3.05, 3.63) is 52.0 Å². The molecule has 1 aromatic carbocycles. The molecule has 3 rings (SSSR count). The van der Waals surface area contributed by atoms with Crippen molar-refractivity contribution in [2.24, 2.45) is 11.7 Å². The second-order valence-corrected chi connectivity index (χ2v) is 7.24. The molecule has 2 aromatic rings. The second kappa shape index (κ2) is 7.36. The maximum Gasteiger partial charge on any atom is 0.0971 e. The number of aryl methyl sites for hydroxylation is 1. The summed E-state index contributed by atoms with van der Waals surface area (Å²) >= 11 is 1.75. The number of piperidine rings is 1. The number of hydrogen-bond acceptors (Lipinski definition) is 4. The zero-order chi connectivity index (χ0) is 15.4. The van der Waals surface area contributed by atoms with Crippen LogP contribution >= 0.6 is 11.3 Å². The van der Waals surface area contributed by atoms with E-state index in [4.69, 9.17) is 5.73 Å². The Morgan fingerprint density at radius 1 is 1.27 bits per heavy atom. The fourth-order valence-electron chi connectivity index (χ4n) is 3.38. The minimum Gasteiger partial charge on any atom is -0.330 e. The van der Waals surface area contributed by atoms with E-state index in [1.807, 2.05) is 6.20 Å². The molecule has 2 heterocycles. The highest BCUT2D eigenvalue weighted by Crippen LogP contribution is 2.33. The molecule has 118 valence electrons. The number of rotatable bonds is 5. The molecule has 1 aliphatic rings. The summed E-state index contributed by atoms with van der Waals surface area (Å²) < 4.78 is 0. The minimum absolute atomic E-state index is 0.446. The number of nitrogens with two attached hydrogens (primary N) is 1. The monoisotopic (exact) mass is 315 g/mol. The summed E-state index contributed by atoms with van der Waals surface area (Å²) in [5.41, 5.74) is 8.77. The van der Waals surface area contributed by atoms with Gasteiger partial charge in [0.15, 0.2) is 0 Å². The van der Waals surface area contributed by atoms with Gasteiger partial charge in [-0.2, -0.15) is 0 Å². The molecule has 1 atom stereocenters. The lowest BCUT2D eigenvalue weighted by Gasteiger charge is -2.35. The number of aromatic nitrogens is 1. The third-order valence-corrected chi connectivity index (χ3v) is 5.66. The number of thiazole rings is 1. The number of nitrogens with zero attached hydrogens (tertiary/aromatic N) is 2. The Balaban J connectivity index is 1.54. The average molecular weight is 315 g/mol. The van der Waals surface area contributed by atoms with Gasteiger partial charge in [0.2, 0.25) is 0 Å². The summed E-state index contributed by atoms with van der Waals surface area (Å²) in [4.78, 5) is 7.05. The van der Waals surface area contributed by atoms with Gasteiger partial charge in [0.25, 0.3) is 0 Å². The molecule has 0 radical (unpaired) electrons. The lowest BCUT2D eigenvalue weighted by Crippen LogP contribution is -2.36. The number of likely N-dealkylation sites (tertiary alicyclic amines) is 1. The molecule has 1 saturated heterocycles. The van der Waals surface area contributed by atoms with Crippen LogP contribution in [0.25, 0.3) is 0 Å². The average Bonchev–Trinajstić information content (AvgIpc) is 3.06. The third kappa shape index (κ3) is 3.75. The molecule has 0 bridgehead atoms. The molecule has 0 amide bonds.